The van der Waals surface area contributed by atoms with Crippen LogP contribution in [-0.4, -0.2) is 33.5 Å². The van der Waals surface area contributed by atoms with Crippen molar-refractivity contribution in [3.8, 4) is 11.5 Å². The van der Waals surface area contributed by atoms with Crippen LogP contribution >= 0.6 is 23.4 Å². The molecule has 0 saturated heterocycles. The van der Waals surface area contributed by atoms with E-state index in [1.807, 2.05) is 36.6 Å². The molecule has 0 aliphatic heterocycles. The molecule has 158 valence electrons. The van der Waals surface area contributed by atoms with Gasteiger partial charge in [0.15, 0.2) is 17.1 Å². The molecular weight excluding hydrogens is 424 g/mol. The molecule has 1 atom stereocenters. The summed E-state index contributed by atoms with van der Waals surface area (Å²) in [5, 5.41) is 12.6. The number of carbonyl (C=O) groups excluding carboxylic acids is 1. The lowest BCUT2D eigenvalue weighted by molar-refractivity contribution is -0.113. The van der Waals surface area contributed by atoms with Crippen molar-refractivity contribution in [1.82, 2.24) is 14.8 Å². The molecule has 3 aromatic rings. The number of hydrogen-bond donors (Lipinski definition) is 1. The van der Waals surface area contributed by atoms with Crippen LogP contribution in [0.5, 0.6) is 11.5 Å². The summed E-state index contributed by atoms with van der Waals surface area (Å²) in [5.74, 6) is 2.09. The second-order valence-corrected chi connectivity index (χ2v) is 7.69. The summed E-state index contributed by atoms with van der Waals surface area (Å²) in [6.07, 6.45) is -0.347. The molecule has 0 radical (unpaired) electrons. The smallest absolute Gasteiger partial charge is 0.234 e. The lowest BCUT2D eigenvalue weighted by atomic mass is 10.3. The SMILES string of the molecule is CCn1c(SCC(=O)Nc2ccc(OC)cc2)nnc1[C@H](C)Oc1ccccc1Cl. The minimum atomic E-state index is -0.347. The van der Waals surface area contributed by atoms with Gasteiger partial charge in [-0.15, -0.1) is 10.2 Å². The molecule has 0 spiro atoms. The first-order chi connectivity index (χ1) is 14.5. The second-order valence-electron chi connectivity index (χ2n) is 6.34. The molecule has 0 fully saturated rings. The topological polar surface area (TPSA) is 78.3 Å². The van der Waals surface area contributed by atoms with Crippen LogP contribution < -0.4 is 14.8 Å². The third kappa shape index (κ3) is 5.46. The molecule has 0 aliphatic carbocycles. The molecule has 0 saturated carbocycles. The molecule has 9 heteroatoms. The first-order valence-corrected chi connectivity index (χ1v) is 10.8. The number of rotatable bonds is 9. The zero-order valence-electron chi connectivity index (χ0n) is 17.0. The van der Waals surface area contributed by atoms with Crippen molar-refractivity contribution in [2.75, 3.05) is 18.2 Å². The minimum absolute atomic E-state index is 0.127. The molecule has 0 aliphatic rings. The highest BCUT2D eigenvalue weighted by atomic mass is 35.5. The normalized spacial score (nSPS) is 11.7. The summed E-state index contributed by atoms with van der Waals surface area (Å²) in [4.78, 5) is 12.3. The van der Waals surface area contributed by atoms with Gasteiger partial charge in [0.25, 0.3) is 0 Å². The van der Waals surface area contributed by atoms with Crippen molar-refractivity contribution < 1.29 is 14.3 Å². The Morgan fingerprint density at radius 3 is 2.60 bits per heavy atom. The highest BCUT2D eigenvalue weighted by Gasteiger charge is 2.20. The van der Waals surface area contributed by atoms with E-state index in [-0.39, 0.29) is 17.8 Å². The molecule has 7 nitrogen and oxygen atoms in total. The van der Waals surface area contributed by atoms with Crippen LogP contribution in [0, 0.1) is 0 Å². The average Bonchev–Trinajstić information content (AvgIpc) is 3.17. The van der Waals surface area contributed by atoms with Gasteiger partial charge < -0.3 is 19.4 Å². The van der Waals surface area contributed by atoms with Gasteiger partial charge in [-0.2, -0.15) is 0 Å². The zero-order chi connectivity index (χ0) is 21.5. The van der Waals surface area contributed by atoms with Crippen molar-refractivity contribution in [2.45, 2.75) is 31.7 Å². The maximum Gasteiger partial charge on any atom is 0.234 e. The summed E-state index contributed by atoms with van der Waals surface area (Å²) in [6, 6.07) is 14.5. The highest BCUT2D eigenvalue weighted by molar-refractivity contribution is 7.99. The standard InChI is InChI=1S/C21H23ClN4O3S/c1-4-26-20(14(2)29-18-8-6-5-7-17(18)22)24-25-21(26)30-13-19(27)23-15-9-11-16(28-3)12-10-15/h5-12,14H,4,13H2,1-3H3,(H,23,27)/t14-/m0/s1. The van der Waals surface area contributed by atoms with Crippen LogP contribution in [0.25, 0.3) is 0 Å². The monoisotopic (exact) mass is 446 g/mol. The van der Waals surface area contributed by atoms with E-state index < -0.39 is 0 Å². The Morgan fingerprint density at radius 2 is 1.93 bits per heavy atom. The van der Waals surface area contributed by atoms with Crippen LogP contribution in [0.1, 0.15) is 25.8 Å². The quantitative estimate of drug-likeness (QED) is 0.474. The van der Waals surface area contributed by atoms with Gasteiger partial charge in [-0.3, -0.25) is 4.79 Å². The molecule has 2 aromatic carbocycles. The number of anilines is 1. The molecule has 1 amide bonds. The number of amides is 1. The van der Waals surface area contributed by atoms with Crippen molar-refractivity contribution >= 4 is 35.0 Å². The average molecular weight is 447 g/mol. The number of para-hydroxylation sites is 1. The van der Waals surface area contributed by atoms with Crippen molar-refractivity contribution in [3.05, 3.63) is 59.4 Å². The van der Waals surface area contributed by atoms with E-state index in [2.05, 4.69) is 15.5 Å². The number of aromatic nitrogens is 3. The maximum absolute atomic E-state index is 12.3. The Hall–Kier alpha value is -2.71. The molecular formula is C21H23ClN4O3S. The molecule has 0 unspecified atom stereocenters. The van der Waals surface area contributed by atoms with Gasteiger partial charge in [-0.1, -0.05) is 35.5 Å². The summed E-state index contributed by atoms with van der Waals surface area (Å²) < 4.78 is 13.0. The predicted octanol–water partition coefficient (Wildman–Crippen LogP) is 4.83. The van der Waals surface area contributed by atoms with E-state index in [1.54, 1.807) is 37.4 Å². The van der Waals surface area contributed by atoms with Crippen LogP contribution in [0.2, 0.25) is 5.02 Å². The second kappa shape index (κ2) is 10.4. The lowest BCUT2D eigenvalue weighted by Crippen LogP contribution is -2.15. The zero-order valence-corrected chi connectivity index (χ0v) is 18.5. The van der Waals surface area contributed by atoms with E-state index in [0.717, 1.165) is 5.75 Å². The number of benzene rings is 2. The van der Waals surface area contributed by atoms with Crippen LogP contribution in [0.15, 0.2) is 53.7 Å². The Kier molecular flexibility index (Phi) is 7.59. The fraction of sp³-hybridized carbons (Fsp3) is 0.286. The number of thioether (sulfide) groups is 1. The third-order valence-electron chi connectivity index (χ3n) is 4.27. The van der Waals surface area contributed by atoms with Gasteiger partial charge in [0.05, 0.1) is 17.9 Å². The molecule has 30 heavy (non-hydrogen) atoms. The van der Waals surface area contributed by atoms with Crippen LogP contribution in [0.3, 0.4) is 0 Å². The van der Waals surface area contributed by atoms with Gasteiger partial charge in [-0.25, -0.2) is 0 Å². The number of halogens is 1. The van der Waals surface area contributed by atoms with Crippen molar-refractivity contribution in [3.63, 3.8) is 0 Å². The molecule has 1 heterocycles. The van der Waals surface area contributed by atoms with Crippen LogP contribution in [0.4, 0.5) is 5.69 Å². The molecule has 1 aromatic heterocycles. The molecule has 3 rings (SSSR count). The maximum atomic E-state index is 12.3. The Balaban J connectivity index is 1.62. The third-order valence-corrected chi connectivity index (χ3v) is 5.55. The van der Waals surface area contributed by atoms with E-state index >= 15 is 0 Å². The van der Waals surface area contributed by atoms with Crippen molar-refractivity contribution in [1.29, 1.82) is 0 Å². The fourth-order valence-electron chi connectivity index (χ4n) is 2.79. The van der Waals surface area contributed by atoms with Gasteiger partial charge >= 0.3 is 0 Å². The summed E-state index contributed by atoms with van der Waals surface area (Å²) >= 11 is 7.50. The number of methoxy groups -OCH3 is 1. The Labute approximate surface area is 184 Å². The summed E-state index contributed by atoms with van der Waals surface area (Å²) in [6.45, 7) is 4.54. The molecule has 0 bridgehead atoms. The summed E-state index contributed by atoms with van der Waals surface area (Å²) in [5.41, 5.74) is 0.709. The predicted molar refractivity (Wildman–Crippen MR) is 119 cm³/mol. The van der Waals surface area contributed by atoms with Crippen LogP contribution in [-0.2, 0) is 11.3 Å². The number of ether oxygens (including phenoxy) is 2. The number of hydrogen-bond acceptors (Lipinski definition) is 6. The van der Waals surface area contributed by atoms with E-state index in [4.69, 9.17) is 21.1 Å². The van der Waals surface area contributed by atoms with Gasteiger partial charge in [0, 0.05) is 12.2 Å². The first kappa shape index (κ1) is 22.0. The largest absolute Gasteiger partial charge is 0.497 e. The first-order valence-electron chi connectivity index (χ1n) is 9.42. The lowest BCUT2D eigenvalue weighted by Gasteiger charge is -2.16. The van der Waals surface area contributed by atoms with Gasteiger partial charge in [0.2, 0.25) is 5.91 Å². The van der Waals surface area contributed by atoms with Gasteiger partial charge in [-0.05, 0) is 50.2 Å². The van der Waals surface area contributed by atoms with E-state index in [9.17, 15) is 4.79 Å². The Morgan fingerprint density at radius 1 is 1.20 bits per heavy atom. The molecule has 1 N–H and O–H groups in total. The van der Waals surface area contributed by atoms with Gasteiger partial charge in [0.1, 0.15) is 11.5 Å². The van der Waals surface area contributed by atoms with E-state index in [1.165, 1.54) is 11.8 Å². The fourth-order valence-corrected chi connectivity index (χ4v) is 3.78. The number of nitrogens with zero attached hydrogens (tertiary/aromatic N) is 3. The van der Waals surface area contributed by atoms with E-state index in [0.29, 0.717) is 34.0 Å². The summed E-state index contributed by atoms with van der Waals surface area (Å²) in [7, 11) is 1.60. The minimum Gasteiger partial charge on any atom is -0.497 e. The van der Waals surface area contributed by atoms with Crippen molar-refractivity contribution in [2.24, 2.45) is 0 Å². The number of carbonyl (C=O) groups is 1. The Bertz CT molecular complexity index is 994. The highest BCUT2D eigenvalue weighted by Crippen LogP contribution is 2.29. The number of nitrogens with one attached hydrogen (secondary N) is 1.